The zero-order valence-electron chi connectivity index (χ0n) is 10.6. The molecule has 106 valence electrons. The minimum atomic E-state index is -3.60. The number of β-amino-alcohol motifs (C(OH)–C–C–N with tert-alkyl or cyclic N) is 1. The first kappa shape index (κ1) is 14.8. The fraction of sp³-hybridized carbons (Fsp3) is 0.500. The Kier molecular flexibility index (Phi) is 3.92. The van der Waals surface area contributed by atoms with Gasteiger partial charge in [-0.3, -0.25) is 0 Å². The molecule has 1 aliphatic rings. The van der Waals surface area contributed by atoms with Crippen molar-refractivity contribution in [1.82, 2.24) is 4.31 Å². The summed E-state index contributed by atoms with van der Waals surface area (Å²) in [6.45, 7) is 2.20. The van der Waals surface area contributed by atoms with Gasteiger partial charge < -0.3 is 10.8 Å². The minimum Gasteiger partial charge on any atom is -0.398 e. The van der Waals surface area contributed by atoms with Crippen molar-refractivity contribution >= 4 is 31.6 Å². The standard InChI is InChI=1S/C12H17BrN2O3S/c1-12(16)5-2-6-15(8-12)19(17,18)9-3-4-10(13)11(14)7-9/h3-4,7,16H,2,5-6,8,14H2,1H3. The van der Waals surface area contributed by atoms with Crippen molar-refractivity contribution in [2.45, 2.75) is 30.3 Å². The molecule has 0 amide bonds. The van der Waals surface area contributed by atoms with Gasteiger partial charge in [-0.1, -0.05) is 0 Å². The maximum absolute atomic E-state index is 12.5. The van der Waals surface area contributed by atoms with Crippen molar-refractivity contribution < 1.29 is 13.5 Å². The second-order valence-corrected chi connectivity index (χ2v) is 7.91. The molecule has 0 saturated carbocycles. The molecule has 0 aliphatic carbocycles. The van der Waals surface area contributed by atoms with Gasteiger partial charge in [0, 0.05) is 23.2 Å². The summed E-state index contributed by atoms with van der Waals surface area (Å²) in [5.74, 6) is 0. The van der Waals surface area contributed by atoms with E-state index in [1.165, 1.54) is 16.4 Å². The highest BCUT2D eigenvalue weighted by atomic mass is 79.9. The number of sulfonamides is 1. The molecular weight excluding hydrogens is 332 g/mol. The highest BCUT2D eigenvalue weighted by molar-refractivity contribution is 9.10. The van der Waals surface area contributed by atoms with E-state index in [0.29, 0.717) is 29.5 Å². The summed E-state index contributed by atoms with van der Waals surface area (Å²) >= 11 is 3.24. The van der Waals surface area contributed by atoms with Gasteiger partial charge in [-0.25, -0.2) is 8.42 Å². The van der Waals surface area contributed by atoms with Crippen LogP contribution in [0.1, 0.15) is 19.8 Å². The van der Waals surface area contributed by atoms with Gasteiger partial charge >= 0.3 is 0 Å². The molecule has 0 spiro atoms. The van der Waals surface area contributed by atoms with Crippen LogP contribution in [0.15, 0.2) is 27.6 Å². The quantitative estimate of drug-likeness (QED) is 0.794. The van der Waals surface area contributed by atoms with Crippen molar-refractivity contribution in [3.05, 3.63) is 22.7 Å². The topological polar surface area (TPSA) is 83.6 Å². The molecule has 7 heteroatoms. The first-order valence-electron chi connectivity index (χ1n) is 6.00. The Bertz CT molecular complexity index is 587. The van der Waals surface area contributed by atoms with E-state index in [0.717, 1.165) is 0 Å². The van der Waals surface area contributed by atoms with Gasteiger partial charge in [0.25, 0.3) is 0 Å². The van der Waals surface area contributed by atoms with Crippen molar-refractivity contribution in [2.24, 2.45) is 0 Å². The molecule has 5 nitrogen and oxygen atoms in total. The largest absolute Gasteiger partial charge is 0.398 e. The number of hydrogen-bond acceptors (Lipinski definition) is 4. The van der Waals surface area contributed by atoms with E-state index in [1.54, 1.807) is 13.0 Å². The van der Waals surface area contributed by atoms with Crippen LogP contribution in [-0.4, -0.2) is 36.5 Å². The number of nitrogen functional groups attached to an aromatic ring is 1. The lowest BCUT2D eigenvalue weighted by molar-refractivity contribution is 0.00940. The first-order chi connectivity index (χ1) is 8.72. The number of nitrogens with two attached hydrogens (primary N) is 1. The van der Waals surface area contributed by atoms with Crippen LogP contribution in [0.2, 0.25) is 0 Å². The molecule has 1 atom stereocenters. The molecule has 3 N–H and O–H groups in total. The van der Waals surface area contributed by atoms with Crippen LogP contribution in [0.3, 0.4) is 0 Å². The minimum absolute atomic E-state index is 0.116. The molecule has 1 aromatic rings. The molecule has 1 aromatic carbocycles. The van der Waals surface area contributed by atoms with Gasteiger partial charge in [0.1, 0.15) is 0 Å². The van der Waals surface area contributed by atoms with Gasteiger partial charge in [0.15, 0.2) is 0 Å². The van der Waals surface area contributed by atoms with E-state index in [2.05, 4.69) is 15.9 Å². The van der Waals surface area contributed by atoms with Gasteiger partial charge in [0.05, 0.1) is 10.5 Å². The van der Waals surface area contributed by atoms with E-state index in [1.807, 2.05) is 0 Å². The number of aliphatic hydroxyl groups is 1. The Hall–Kier alpha value is -0.630. The van der Waals surface area contributed by atoms with E-state index in [9.17, 15) is 13.5 Å². The van der Waals surface area contributed by atoms with Gasteiger partial charge in [-0.15, -0.1) is 0 Å². The second kappa shape index (κ2) is 5.05. The van der Waals surface area contributed by atoms with E-state index >= 15 is 0 Å². The predicted octanol–water partition coefficient (Wildman–Crippen LogP) is 1.57. The van der Waals surface area contributed by atoms with Gasteiger partial charge in [-0.2, -0.15) is 4.31 Å². The fourth-order valence-corrected chi connectivity index (χ4v) is 4.09. The maximum atomic E-state index is 12.5. The Labute approximate surface area is 121 Å². The van der Waals surface area contributed by atoms with Crippen LogP contribution < -0.4 is 5.73 Å². The molecule has 1 unspecified atom stereocenters. The van der Waals surface area contributed by atoms with Crippen LogP contribution in [0.25, 0.3) is 0 Å². The van der Waals surface area contributed by atoms with E-state index in [4.69, 9.17) is 5.73 Å². The summed E-state index contributed by atoms with van der Waals surface area (Å²) in [5.41, 5.74) is 5.13. The summed E-state index contributed by atoms with van der Waals surface area (Å²) in [7, 11) is -3.60. The number of nitrogens with zero attached hydrogens (tertiary/aromatic N) is 1. The van der Waals surface area contributed by atoms with E-state index < -0.39 is 15.6 Å². The lowest BCUT2D eigenvalue weighted by Gasteiger charge is -2.35. The predicted molar refractivity (Wildman–Crippen MR) is 77.2 cm³/mol. The van der Waals surface area contributed by atoms with Crippen molar-refractivity contribution in [3.63, 3.8) is 0 Å². The van der Waals surface area contributed by atoms with Crippen molar-refractivity contribution in [3.8, 4) is 0 Å². The number of anilines is 1. The van der Waals surface area contributed by atoms with Crippen molar-refractivity contribution in [2.75, 3.05) is 18.8 Å². The Morgan fingerprint density at radius 2 is 2.16 bits per heavy atom. The molecular formula is C12H17BrN2O3S. The summed E-state index contributed by atoms with van der Waals surface area (Å²) in [6, 6.07) is 4.56. The third-order valence-electron chi connectivity index (χ3n) is 3.25. The Balaban J connectivity index is 2.34. The summed E-state index contributed by atoms with van der Waals surface area (Å²) in [5, 5.41) is 10.0. The average Bonchev–Trinajstić information content (AvgIpc) is 2.31. The van der Waals surface area contributed by atoms with Crippen LogP contribution in [0.4, 0.5) is 5.69 Å². The third-order valence-corrected chi connectivity index (χ3v) is 5.81. The number of hydrogen-bond donors (Lipinski definition) is 2. The molecule has 1 saturated heterocycles. The van der Waals surface area contributed by atoms with Crippen LogP contribution in [0, 0.1) is 0 Å². The first-order valence-corrected chi connectivity index (χ1v) is 8.23. The lowest BCUT2D eigenvalue weighted by Crippen LogP contribution is -2.48. The lowest BCUT2D eigenvalue weighted by atomic mass is 9.97. The summed E-state index contributed by atoms with van der Waals surface area (Å²) in [4.78, 5) is 0.158. The average molecular weight is 349 g/mol. The fourth-order valence-electron chi connectivity index (χ4n) is 2.21. The summed E-state index contributed by atoms with van der Waals surface area (Å²) in [6.07, 6.45) is 1.26. The molecule has 0 radical (unpaired) electrons. The maximum Gasteiger partial charge on any atom is 0.243 e. The highest BCUT2D eigenvalue weighted by Crippen LogP contribution is 2.28. The molecule has 1 aliphatic heterocycles. The van der Waals surface area contributed by atoms with Crippen LogP contribution >= 0.6 is 15.9 Å². The molecule has 19 heavy (non-hydrogen) atoms. The van der Waals surface area contributed by atoms with Crippen molar-refractivity contribution in [1.29, 1.82) is 0 Å². The number of halogens is 1. The van der Waals surface area contributed by atoms with Crippen LogP contribution in [0.5, 0.6) is 0 Å². The number of rotatable bonds is 2. The number of benzene rings is 1. The molecule has 0 bridgehead atoms. The SMILES string of the molecule is CC1(O)CCCN(S(=O)(=O)c2ccc(Br)c(N)c2)C1. The number of piperidine rings is 1. The van der Waals surface area contributed by atoms with Gasteiger partial charge in [-0.05, 0) is 53.9 Å². The monoisotopic (exact) mass is 348 g/mol. The zero-order valence-corrected chi connectivity index (χ0v) is 13.0. The smallest absolute Gasteiger partial charge is 0.243 e. The molecule has 1 heterocycles. The van der Waals surface area contributed by atoms with Crippen LogP contribution in [-0.2, 0) is 10.0 Å². The third kappa shape index (κ3) is 3.10. The zero-order chi connectivity index (χ0) is 14.3. The normalized spacial score (nSPS) is 25.4. The van der Waals surface area contributed by atoms with E-state index in [-0.39, 0.29) is 11.4 Å². The Morgan fingerprint density at radius 3 is 2.74 bits per heavy atom. The Morgan fingerprint density at radius 1 is 1.47 bits per heavy atom. The summed E-state index contributed by atoms with van der Waals surface area (Å²) < 4.78 is 26.9. The molecule has 1 fully saturated rings. The van der Waals surface area contributed by atoms with Gasteiger partial charge in [0.2, 0.25) is 10.0 Å². The molecule has 2 rings (SSSR count). The highest BCUT2D eigenvalue weighted by Gasteiger charge is 2.35. The molecule has 0 aromatic heterocycles. The second-order valence-electron chi connectivity index (χ2n) is 5.12.